The van der Waals surface area contributed by atoms with Crippen LogP contribution < -0.4 is 5.69 Å². The second kappa shape index (κ2) is 7.20. The Labute approximate surface area is 157 Å². The van der Waals surface area contributed by atoms with Gasteiger partial charge >= 0.3 is 5.69 Å². The van der Waals surface area contributed by atoms with Crippen LogP contribution in [0, 0.1) is 11.6 Å². The first-order chi connectivity index (χ1) is 13.6. The fraction of sp³-hybridized carbons (Fsp3) is 0.105. The standard InChI is InChI=1S/C19H15F2N5O2/c20-15-3-6-17(21)13(7-15)10-25-18(11-27)24-26(19(25)28)16-4-1-12(2-5-16)14-8-22-23-9-14/h1-9,27H,10-11H2,(H,22,23). The van der Waals surface area contributed by atoms with Gasteiger partial charge in [0, 0.05) is 17.3 Å². The van der Waals surface area contributed by atoms with Crippen molar-refractivity contribution in [1.82, 2.24) is 24.5 Å². The van der Waals surface area contributed by atoms with E-state index in [9.17, 15) is 18.7 Å². The molecule has 0 amide bonds. The van der Waals surface area contributed by atoms with Crippen molar-refractivity contribution in [3.05, 3.63) is 88.4 Å². The Bertz CT molecular complexity index is 1160. The molecule has 4 aromatic rings. The Hall–Kier alpha value is -3.59. The van der Waals surface area contributed by atoms with Crippen molar-refractivity contribution >= 4 is 0 Å². The SMILES string of the molecule is O=c1n(-c2ccc(-c3cn[nH]c3)cc2)nc(CO)n1Cc1cc(F)ccc1F. The number of benzene rings is 2. The molecule has 4 rings (SSSR count). The summed E-state index contributed by atoms with van der Waals surface area (Å²) in [5.41, 5.74) is 1.69. The minimum atomic E-state index is -0.644. The largest absolute Gasteiger partial charge is 0.388 e. The van der Waals surface area contributed by atoms with E-state index in [2.05, 4.69) is 15.3 Å². The van der Waals surface area contributed by atoms with E-state index in [1.807, 2.05) is 0 Å². The number of aliphatic hydroxyl groups is 1. The van der Waals surface area contributed by atoms with Gasteiger partial charge in [0.1, 0.15) is 18.2 Å². The number of aliphatic hydroxyl groups excluding tert-OH is 1. The van der Waals surface area contributed by atoms with Crippen molar-refractivity contribution in [2.75, 3.05) is 0 Å². The first-order valence-electron chi connectivity index (χ1n) is 8.40. The molecule has 0 aliphatic heterocycles. The van der Waals surface area contributed by atoms with E-state index in [4.69, 9.17) is 0 Å². The Morgan fingerprint density at radius 3 is 2.54 bits per heavy atom. The van der Waals surface area contributed by atoms with Crippen molar-refractivity contribution in [2.45, 2.75) is 13.2 Å². The molecule has 0 bridgehead atoms. The average Bonchev–Trinajstić information content (AvgIpc) is 3.34. The van der Waals surface area contributed by atoms with Gasteiger partial charge in [-0.3, -0.25) is 9.67 Å². The molecular formula is C19H15F2N5O2. The molecule has 0 radical (unpaired) electrons. The number of nitrogens with zero attached hydrogens (tertiary/aromatic N) is 4. The quantitative estimate of drug-likeness (QED) is 0.553. The molecule has 0 atom stereocenters. The molecule has 2 N–H and O–H groups in total. The Kier molecular flexibility index (Phi) is 4.58. The summed E-state index contributed by atoms with van der Waals surface area (Å²) in [6.45, 7) is -0.766. The fourth-order valence-electron chi connectivity index (χ4n) is 2.92. The van der Waals surface area contributed by atoms with E-state index in [1.54, 1.807) is 36.7 Å². The molecule has 2 aromatic carbocycles. The summed E-state index contributed by atoms with van der Waals surface area (Å²) >= 11 is 0. The zero-order valence-electron chi connectivity index (χ0n) is 14.5. The maximum absolute atomic E-state index is 14.0. The summed E-state index contributed by atoms with van der Waals surface area (Å²) in [6.07, 6.45) is 3.42. The van der Waals surface area contributed by atoms with Gasteiger partial charge in [0.2, 0.25) is 0 Å². The molecule has 0 aliphatic carbocycles. The highest BCUT2D eigenvalue weighted by Gasteiger charge is 2.16. The molecule has 0 fully saturated rings. The molecule has 0 saturated heterocycles. The van der Waals surface area contributed by atoms with Gasteiger partial charge in [0.25, 0.3) is 0 Å². The maximum Gasteiger partial charge on any atom is 0.351 e. The van der Waals surface area contributed by atoms with Crippen LogP contribution >= 0.6 is 0 Å². The highest BCUT2D eigenvalue weighted by atomic mass is 19.1. The normalized spacial score (nSPS) is 11.1. The topological polar surface area (TPSA) is 88.7 Å². The van der Waals surface area contributed by atoms with E-state index in [0.717, 1.165) is 38.6 Å². The van der Waals surface area contributed by atoms with Crippen LogP contribution in [0.4, 0.5) is 8.78 Å². The number of aromatic nitrogens is 5. The third-order valence-corrected chi connectivity index (χ3v) is 4.36. The number of aromatic amines is 1. The van der Waals surface area contributed by atoms with Gasteiger partial charge < -0.3 is 5.11 Å². The van der Waals surface area contributed by atoms with Gasteiger partial charge in [-0.2, -0.15) is 9.78 Å². The molecule has 0 aliphatic rings. The van der Waals surface area contributed by atoms with Gasteiger partial charge in [-0.1, -0.05) is 12.1 Å². The lowest BCUT2D eigenvalue weighted by Crippen LogP contribution is -2.25. The smallest absolute Gasteiger partial charge is 0.351 e. The maximum atomic E-state index is 14.0. The number of hydrogen-bond donors (Lipinski definition) is 2. The van der Waals surface area contributed by atoms with Crippen LogP contribution in [0.2, 0.25) is 0 Å². The lowest BCUT2D eigenvalue weighted by Gasteiger charge is -2.05. The summed E-state index contributed by atoms with van der Waals surface area (Å²) < 4.78 is 29.6. The first-order valence-corrected chi connectivity index (χ1v) is 8.40. The number of nitrogens with one attached hydrogen (secondary N) is 1. The summed E-state index contributed by atoms with van der Waals surface area (Å²) in [5.74, 6) is -1.21. The molecule has 2 heterocycles. The highest BCUT2D eigenvalue weighted by Crippen LogP contribution is 2.19. The van der Waals surface area contributed by atoms with Crippen molar-refractivity contribution in [3.63, 3.8) is 0 Å². The van der Waals surface area contributed by atoms with Gasteiger partial charge in [-0.25, -0.2) is 13.6 Å². The molecule has 9 heteroatoms. The predicted molar refractivity (Wildman–Crippen MR) is 96.8 cm³/mol. The monoisotopic (exact) mass is 383 g/mol. The van der Waals surface area contributed by atoms with Crippen LogP contribution in [0.3, 0.4) is 0 Å². The van der Waals surface area contributed by atoms with E-state index in [0.29, 0.717) is 5.69 Å². The van der Waals surface area contributed by atoms with Crippen LogP contribution in [0.25, 0.3) is 16.8 Å². The second-order valence-electron chi connectivity index (χ2n) is 6.12. The third-order valence-electron chi connectivity index (χ3n) is 4.36. The second-order valence-corrected chi connectivity index (χ2v) is 6.12. The summed E-state index contributed by atoms with van der Waals surface area (Å²) in [4.78, 5) is 12.8. The number of rotatable bonds is 5. The van der Waals surface area contributed by atoms with Crippen LogP contribution in [-0.2, 0) is 13.2 Å². The van der Waals surface area contributed by atoms with E-state index < -0.39 is 23.9 Å². The average molecular weight is 383 g/mol. The molecule has 28 heavy (non-hydrogen) atoms. The predicted octanol–water partition coefficient (Wildman–Crippen LogP) is 2.24. The van der Waals surface area contributed by atoms with Gasteiger partial charge in [0.15, 0.2) is 5.82 Å². The summed E-state index contributed by atoms with van der Waals surface area (Å²) in [5, 5.41) is 20.3. The number of H-pyrrole nitrogens is 1. The molecule has 0 saturated carbocycles. The van der Waals surface area contributed by atoms with E-state index in [1.165, 1.54) is 0 Å². The summed E-state index contributed by atoms with van der Waals surface area (Å²) in [6, 6.07) is 10.0. The zero-order valence-corrected chi connectivity index (χ0v) is 14.5. The van der Waals surface area contributed by atoms with Crippen molar-refractivity contribution in [2.24, 2.45) is 0 Å². The Balaban J connectivity index is 1.71. The molecule has 2 aromatic heterocycles. The molecule has 0 spiro atoms. The molecule has 142 valence electrons. The Morgan fingerprint density at radius 1 is 1.07 bits per heavy atom. The Morgan fingerprint density at radius 2 is 1.86 bits per heavy atom. The van der Waals surface area contributed by atoms with Gasteiger partial charge in [0.05, 0.1) is 18.4 Å². The van der Waals surface area contributed by atoms with Crippen LogP contribution in [-0.4, -0.2) is 29.7 Å². The van der Waals surface area contributed by atoms with Gasteiger partial charge in [-0.15, -0.1) is 5.10 Å². The summed E-state index contributed by atoms with van der Waals surface area (Å²) in [7, 11) is 0. The zero-order chi connectivity index (χ0) is 19.7. The lowest BCUT2D eigenvalue weighted by molar-refractivity contribution is 0.265. The van der Waals surface area contributed by atoms with E-state index in [-0.39, 0.29) is 17.9 Å². The molecule has 7 nitrogen and oxygen atoms in total. The lowest BCUT2D eigenvalue weighted by atomic mass is 10.1. The van der Waals surface area contributed by atoms with Gasteiger partial charge in [-0.05, 0) is 35.9 Å². The van der Waals surface area contributed by atoms with Crippen LogP contribution in [0.15, 0.2) is 59.7 Å². The highest BCUT2D eigenvalue weighted by molar-refractivity contribution is 5.62. The number of hydrogen-bond acceptors (Lipinski definition) is 4. The minimum Gasteiger partial charge on any atom is -0.388 e. The van der Waals surface area contributed by atoms with Crippen LogP contribution in [0.1, 0.15) is 11.4 Å². The first kappa shape index (κ1) is 17.8. The number of halogens is 2. The molecule has 0 unspecified atom stereocenters. The third kappa shape index (κ3) is 3.23. The molecular weight excluding hydrogens is 368 g/mol. The van der Waals surface area contributed by atoms with E-state index >= 15 is 0 Å². The van der Waals surface area contributed by atoms with Crippen molar-refractivity contribution < 1.29 is 13.9 Å². The van der Waals surface area contributed by atoms with Crippen molar-refractivity contribution in [3.8, 4) is 16.8 Å². The van der Waals surface area contributed by atoms with Crippen LogP contribution in [0.5, 0.6) is 0 Å². The van der Waals surface area contributed by atoms with Crippen molar-refractivity contribution in [1.29, 1.82) is 0 Å². The fourth-order valence-corrected chi connectivity index (χ4v) is 2.92. The minimum absolute atomic E-state index is 0.00773.